The maximum atomic E-state index is 5.06. The summed E-state index contributed by atoms with van der Waals surface area (Å²) in [6, 6.07) is 56.0. The summed E-state index contributed by atoms with van der Waals surface area (Å²) in [5.41, 5.74) is 16.8. The second-order valence-electron chi connectivity index (χ2n) is 14.8. The van der Waals surface area contributed by atoms with Crippen LogP contribution in [0.1, 0.15) is 25.0 Å². The van der Waals surface area contributed by atoms with Crippen LogP contribution in [0, 0.1) is 0 Å². The van der Waals surface area contributed by atoms with Gasteiger partial charge in [0.1, 0.15) is 0 Å². The van der Waals surface area contributed by atoms with Crippen molar-refractivity contribution < 1.29 is 0 Å². The van der Waals surface area contributed by atoms with Crippen LogP contribution in [0.3, 0.4) is 0 Å². The molecule has 1 aliphatic carbocycles. The lowest BCUT2D eigenvalue weighted by atomic mass is 9.81. The van der Waals surface area contributed by atoms with Gasteiger partial charge < -0.3 is 4.57 Å². The monoisotopic (exact) mass is 723 g/mol. The lowest BCUT2D eigenvalue weighted by Crippen LogP contribution is -2.14. The van der Waals surface area contributed by atoms with Gasteiger partial charge in [0, 0.05) is 38.6 Å². The maximum Gasteiger partial charge on any atom is 0.164 e. The van der Waals surface area contributed by atoms with Gasteiger partial charge in [0.2, 0.25) is 0 Å². The van der Waals surface area contributed by atoms with Crippen LogP contribution in [0.15, 0.2) is 163 Å². The Morgan fingerprint density at radius 2 is 1.00 bits per heavy atom. The molecule has 1 aliphatic rings. The molecule has 3 heterocycles. The second-order valence-corrected chi connectivity index (χ2v) is 15.7. The van der Waals surface area contributed by atoms with Crippen molar-refractivity contribution in [3.05, 3.63) is 174 Å². The van der Waals surface area contributed by atoms with Crippen molar-refractivity contribution in [2.45, 2.75) is 19.3 Å². The van der Waals surface area contributed by atoms with Crippen molar-refractivity contribution in [2.75, 3.05) is 0 Å². The standard InChI is InChI=1S/C49H33N5S/c1-49(2)40-26-33(18-21-36(40)37-27-42-45(28-41(37)49)55-29-50-42)32-19-22-43-38(24-32)39-25-34(20-23-44(39)54(43)35-16-10-5-11-17-35)48-52-46(30-12-6-3-7-13-30)51-47(53-48)31-14-8-4-9-15-31/h3-29H,1-2H3. The smallest absolute Gasteiger partial charge is 0.164 e. The summed E-state index contributed by atoms with van der Waals surface area (Å²) < 4.78 is 3.60. The van der Waals surface area contributed by atoms with Crippen molar-refractivity contribution >= 4 is 43.4 Å². The molecular formula is C49H33N5S. The molecule has 0 unspecified atom stereocenters. The number of fused-ring (bicyclic) bond motifs is 7. The molecule has 260 valence electrons. The quantitative estimate of drug-likeness (QED) is 0.177. The van der Waals surface area contributed by atoms with E-state index in [1.807, 2.05) is 66.2 Å². The van der Waals surface area contributed by atoms with E-state index in [0.29, 0.717) is 17.5 Å². The highest BCUT2D eigenvalue weighted by atomic mass is 32.1. The zero-order valence-electron chi connectivity index (χ0n) is 30.2. The third-order valence-electron chi connectivity index (χ3n) is 11.2. The van der Waals surface area contributed by atoms with Gasteiger partial charge in [-0.05, 0) is 94.0 Å². The minimum Gasteiger partial charge on any atom is -0.309 e. The molecule has 55 heavy (non-hydrogen) atoms. The van der Waals surface area contributed by atoms with Gasteiger partial charge >= 0.3 is 0 Å². The van der Waals surface area contributed by atoms with E-state index in [4.69, 9.17) is 15.0 Å². The minimum atomic E-state index is -0.122. The molecule has 0 N–H and O–H groups in total. The Kier molecular flexibility index (Phi) is 7.00. The Bertz CT molecular complexity index is 3050. The maximum absolute atomic E-state index is 5.06. The summed E-state index contributed by atoms with van der Waals surface area (Å²) in [6.45, 7) is 4.69. The van der Waals surface area contributed by atoms with Gasteiger partial charge in [-0.2, -0.15) is 0 Å². The van der Waals surface area contributed by atoms with E-state index in [9.17, 15) is 0 Å². The predicted octanol–water partition coefficient (Wildman–Crippen LogP) is 12.6. The first kappa shape index (κ1) is 31.7. The summed E-state index contributed by atoms with van der Waals surface area (Å²) >= 11 is 1.71. The molecule has 10 aromatic rings. The Morgan fingerprint density at radius 3 is 1.65 bits per heavy atom. The highest BCUT2D eigenvalue weighted by Gasteiger charge is 2.36. The van der Waals surface area contributed by atoms with Gasteiger partial charge in [-0.3, -0.25) is 0 Å². The first-order valence-corrected chi connectivity index (χ1v) is 19.4. The van der Waals surface area contributed by atoms with Gasteiger partial charge in [0.15, 0.2) is 17.5 Å². The lowest BCUT2D eigenvalue weighted by molar-refractivity contribution is 0.661. The second kappa shape index (κ2) is 12.1. The zero-order chi connectivity index (χ0) is 36.7. The fourth-order valence-corrected chi connectivity index (χ4v) is 9.10. The highest BCUT2D eigenvalue weighted by Crippen LogP contribution is 2.51. The van der Waals surface area contributed by atoms with Crippen LogP contribution < -0.4 is 0 Å². The van der Waals surface area contributed by atoms with Crippen LogP contribution in [-0.2, 0) is 5.41 Å². The molecule has 0 fully saturated rings. The third-order valence-corrected chi connectivity index (χ3v) is 12.0. The van der Waals surface area contributed by atoms with E-state index >= 15 is 0 Å². The summed E-state index contributed by atoms with van der Waals surface area (Å²) in [4.78, 5) is 19.7. The summed E-state index contributed by atoms with van der Waals surface area (Å²) in [5.74, 6) is 1.94. The number of aromatic nitrogens is 5. The molecule has 0 saturated heterocycles. The van der Waals surface area contributed by atoms with Gasteiger partial charge in [0.05, 0.1) is 26.8 Å². The average molecular weight is 724 g/mol. The highest BCUT2D eigenvalue weighted by molar-refractivity contribution is 7.16. The molecule has 3 aromatic heterocycles. The van der Waals surface area contributed by atoms with Crippen LogP contribution in [0.5, 0.6) is 0 Å². The third kappa shape index (κ3) is 5.06. The molecule has 6 heteroatoms. The normalized spacial score (nSPS) is 13.1. The van der Waals surface area contributed by atoms with Crippen LogP contribution in [-0.4, -0.2) is 24.5 Å². The molecule has 0 atom stereocenters. The van der Waals surface area contributed by atoms with E-state index in [0.717, 1.165) is 44.3 Å². The van der Waals surface area contributed by atoms with Crippen molar-refractivity contribution in [2.24, 2.45) is 0 Å². The number of thiazole rings is 1. The van der Waals surface area contributed by atoms with Crippen LogP contribution in [0.4, 0.5) is 0 Å². The summed E-state index contributed by atoms with van der Waals surface area (Å²) in [5, 5.41) is 2.32. The van der Waals surface area contributed by atoms with Crippen LogP contribution >= 0.6 is 11.3 Å². The van der Waals surface area contributed by atoms with Gasteiger partial charge in [-0.1, -0.05) is 111 Å². The van der Waals surface area contributed by atoms with Gasteiger partial charge in [0.25, 0.3) is 0 Å². The van der Waals surface area contributed by atoms with E-state index in [1.165, 1.54) is 43.5 Å². The molecule has 0 aliphatic heterocycles. The lowest BCUT2D eigenvalue weighted by Gasteiger charge is -2.22. The molecule has 0 amide bonds. The summed E-state index contributed by atoms with van der Waals surface area (Å²) in [6.07, 6.45) is 0. The predicted molar refractivity (Wildman–Crippen MR) is 227 cm³/mol. The molecule has 0 spiro atoms. The molecule has 11 rings (SSSR count). The Labute approximate surface area is 322 Å². The number of nitrogens with zero attached hydrogens (tertiary/aromatic N) is 5. The Hall–Kier alpha value is -6.76. The van der Waals surface area contributed by atoms with Crippen molar-refractivity contribution in [3.8, 4) is 62.1 Å². The Balaban J connectivity index is 1.10. The molecule has 7 aromatic carbocycles. The largest absolute Gasteiger partial charge is 0.309 e. The number of benzene rings is 7. The first-order chi connectivity index (χ1) is 27.0. The van der Waals surface area contributed by atoms with Crippen molar-refractivity contribution in [1.82, 2.24) is 24.5 Å². The molecule has 0 saturated carbocycles. The molecular weight excluding hydrogens is 691 g/mol. The molecule has 0 radical (unpaired) electrons. The van der Waals surface area contributed by atoms with Crippen LogP contribution in [0.2, 0.25) is 0 Å². The fraction of sp³-hybridized carbons (Fsp3) is 0.0612. The van der Waals surface area contributed by atoms with Crippen molar-refractivity contribution in [3.63, 3.8) is 0 Å². The first-order valence-electron chi connectivity index (χ1n) is 18.5. The average Bonchev–Trinajstić information content (AvgIpc) is 3.91. The summed E-state index contributed by atoms with van der Waals surface area (Å²) in [7, 11) is 0. The van der Waals surface area contributed by atoms with E-state index in [-0.39, 0.29) is 5.41 Å². The van der Waals surface area contributed by atoms with Gasteiger partial charge in [-0.15, -0.1) is 11.3 Å². The SMILES string of the molecule is CC1(C)c2cc(-c3ccc4c(c3)c3cc(-c5nc(-c6ccccc6)nc(-c6ccccc6)n5)ccc3n4-c3ccccc3)ccc2-c2cc3ncsc3cc21. The topological polar surface area (TPSA) is 56.5 Å². The fourth-order valence-electron chi connectivity index (χ4n) is 8.40. The molecule has 5 nitrogen and oxygen atoms in total. The zero-order valence-corrected chi connectivity index (χ0v) is 31.0. The van der Waals surface area contributed by atoms with E-state index in [2.05, 4.69) is 120 Å². The molecule has 0 bridgehead atoms. The minimum absolute atomic E-state index is 0.122. The van der Waals surface area contributed by atoms with Crippen molar-refractivity contribution in [1.29, 1.82) is 0 Å². The number of rotatable bonds is 5. The van der Waals surface area contributed by atoms with E-state index < -0.39 is 0 Å². The number of para-hydroxylation sites is 1. The van der Waals surface area contributed by atoms with Gasteiger partial charge in [-0.25, -0.2) is 19.9 Å². The number of hydrogen-bond donors (Lipinski definition) is 0. The number of hydrogen-bond acceptors (Lipinski definition) is 5. The Morgan fingerprint density at radius 1 is 0.473 bits per heavy atom. The van der Waals surface area contributed by atoms with E-state index in [1.54, 1.807) is 11.3 Å². The van der Waals surface area contributed by atoms with Crippen LogP contribution in [0.25, 0.3) is 94.1 Å².